The third kappa shape index (κ3) is 2.56. The smallest absolute Gasteiger partial charge is 0.0603 e. The molecule has 3 aliphatic heterocycles. The molecule has 19 heavy (non-hydrogen) atoms. The Morgan fingerprint density at radius 3 is 2.37 bits per heavy atom. The van der Waals surface area contributed by atoms with Crippen LogP contribution in [0, 0.1) is 11.3 Å². The van der Waals surface area contributed by atoms with Crippen molar-refractivity contribution in [1.82, 2.24) is 15.5 Å². The van der Waals surface area contributed by atoms with Crippen LogP contribution in [0.4, 0.5) is 0 Å². The van der Waals surface area contributed by atoms with Gasteiger partial charge in [-0.3, -0.25) is 0 Å². The Labute approximate surface area is 116 Å². The van der Waals surface area contributed by atoms with E-state index in [-0.39, 0.29) is 0 Å². The summed E-state index contributed by atoms with van der Waals surface area (Å²) in [5.74, 6) is 0.914. The lowest BCUT2D eigenvalue weighted by molar-refractivity contribution is -0.107. The molecular weight excluding hydrogens is 238 g/mol. The molecular formula is C15H27N3O. The van der Waals surface area contributed by atoms with Gasteiger partial charge in [-0.25, -0.2) is 0 Å². The molecule has 0 radical (unpaired) electrons. The SMILES string of the molecule is C1CC(O[C@H]2C[C@H](CN3CC4(CNC4)C3)C2)CCN1. The summed E-state index contributed by atoms with van der Waals surface area (Å²) in [6.45, 7) is 8.82. The van der Waals surface area contributed by atoms with Crippen molar-refractivity contribution in [2.75, 3.05) is 45.8 Å². The third-order valence-electron chi connectivity index (χ3n) is 5.50. The van der Waals surface area contributed by atoms with Crippen LogP contribution < -0.4 is 10.6 Å². The number of ether oxygens (including phenoxy) is 1. The maximum absolute atomic E-state index is 6.20. The molecule has 4 fully saturated rings. The molecule has 0 atom stereocenters. The second-order valence-corrected chi connectivity index (χ2v) is 7.32. The number of hydrogen-bond acceptors (Lipinski definition) is 4. The average molecular weight is 265 g/mol. The fourth-order valence-electron chi connectivity index (χ4n) is 4.24. The van der Waals surface area contributed by atoms with Gasteiger partial charge < -0.3 is 20.3 Å². The highest BCUT2D eigenvalue weighted by Gasteiger charge is 2.48. The number of nitrogens with one attached hydrogen (secondary N) is 2. The number of piperidine rings is 1. The van der Waals surface area contributed by atoms with Crippen LogP contribution in [0.1, 0.15) is 25.7 Å². The van der Waals surface area contributed by atoms with Gasteiger partial charge in [-0.1, -0.05) is 0 Å². The molecule has 0 unspecified atom stereocenters. The monoisotopic (exact) mass is 265 g/mol. The predicted molar refractivity (Wildman–Crippen MR) is 75.2 cm³/mol. The summed E-state index contributed by atoms with van der Waals surface area (Å²) in [6.07, 6.45) is 6.16. The number of nitrogens with zero attached hydrogens (tertiary/aromatic N) is 1. The van der Waals surface area contributed by atoms with Crippen molar-refractivity contribution >= 4 is 0 Å². The van der Waals surface area contributed by atoms with Crippen molar-refractivity contribution in [3.05, 3.63) is 0 Å². The normalized spacial score (nSPS) is 38.5. The lowest BCUT2D eigenvalue weighted by atomic mass is 9.73. The summed E-state index contributed by atoms with van der Waals surface area (Å²) < 4.78 is 6.20. The Kier molecular flexibility index (Phi) is 3.30. The minimum absolute atomic E-state index is 0.542. The standard InChI is InChI=1S/C15H27N3O/c1-3-16-4-2-13(1)19-14-5-12(6-14)7-18-10-15(11-18)8-17-9-15/h12-14,16-17H,1-11H2/t12-,14-. The molecule has 0 amide bonds. The first kappa shape index (κ1) is 12.6. The Bertz CT molecular complexity index is 311. The van der Waals surface area contributed by atoms with Crippen LogP contribution in [-0.4, -0.2) is 62.9 Å². The molecule has 0 bridgehead atoms. The van der Waals surface area contributed by atoms with Crippen LogP contribution in [0.5, 0.6) is 0 Å². The molecule has 1 aliphatic carbocycles. The summed E-state index contributed by atoms with van der Waals surface area (Å²) in [7, 11) is 0. The Morgan fingerprint density at radius 2 is 1.74 bits per heavy atom. The summed E-state index contributed by atoms with van der Waals surface area (Å²) in [4.78, 5) is 2.66. The van der Waals surface area contributed by atoms with Crippen molar-refractivity contribution in [1.29, 1.82) is 0 Å². The molecule has 4 nitrogen and oxygen atoms in total. The zero-order valence-corrected chi connectivity index (χ0v) is 11.9. The molecule has 1 spiro atoms. The van der Waals surface area contributed by atoms with E-state index in [1.807, 2.05) is 0 Å². The van der Waals surface area contributed by atoms with E-state index in [1.165, 1.54) is 58.4 Å². The fourth-order valence-corrected chi connectivity index (χ4v) is 4.24. The Morgan fingerprint density at radius 1 is 1.00 bits per heavy atom. The molecule has 1 saturated carbocycles. The van der Waals surface area contributed by atoms with Gasteiger partial charge in [-0.05, 0) is 44.7 Å². The van der Waals surface area contributed by atoms with E-state index in [4.69, 9.17) is 4.74 Å². The lowest BCUT2D eigenvalue weighted by Crippen LogP contribution is -2.71. The van der Waals surface area contributed by atoms with Gasteiger partial charge in [0.2, 0.25) is 0 Å². The molecule has 4 heteroatoms. The Balaban J connectivity index is 1.12. The average Bonchev–Trinajstić information content (AvgIpc) is 2.28. The molecule has 0 aromatic rings. The van der Waals surface area contributed by atoms with E-state index in [0.29, 0.717) is 17.6 Å². The maximum atomic E-state index is 6.20. The largest absolute Gasteiger partial charge is 0.375 e. The highest BCUT2D eigenvalue weighted by atomic mass is 16.5. The zero-order chi connectivity index (χ0) is 12.7. The first-order valence-electron chi connectivity index (χ1n) is 8.11. The van der Waals surface area contributed by atoms with Gasteiger partial charge in [0.15, 0.2) is 0 Å². The zero-order valence-electron chi connectivity index (χ0n) is 11.9. The van der Waals surface area contributed by atoms with Crippen molar-refractivity contribution in [3.8, 4) is 0 Å². The first-order valence-corrected chi connectivity index (χ1v) is 8.11. The van der Waals surface area contributed by atoms with Gasteiger partial charge in [-0.15, -0.1) is 0 Å². The summed E-state index contributed by atoms with van der Waals surface area (Å²) in [5, 5.41) is 6.81. The van der Waals surface area contributed by atoms with Crippen LogP contribution >= 0.6 is 0 Å². The van der Waals surface area contributed by atoms with Gasteiger partial charge in [0.25, 0.3) is 0 Å². The van der Waals surface area contributed by atoms with Crippen LogP contribution in [0.2, 0.25) is 0 Å². The molecule has 0 aromatic carbocycles. The lowest BCUT2D eigenvalue weighted by Gasteiger charge is -2.57. The highest BCUT2D eigenvalue weighted by Crippen LogP contribution is 2.38. The van der Waals surface area contributed by atoms with Gasteiger partial charge in [0, 0.05) is 38.1 Å². The molecule has 4 rings (SSSR count). The van der Waals surface area contributed by atoms with E-state index < -0.39 is 0 Å². The second kappa shape index (κ2) is 4.99. The number of likely N-dealkylation sites (tertiary alicyclic amines) is 1. The quantitative estimate of drug-likeness (QED) is 0.773. The van der Waals surface area contributed by atoms with Crippen LogP contribution in [0.15, 0.2) is 0 Å². The molecule has 3 heterocycles. The van der Waals surface area contributed by atoms with E-state index in [0.717, 1.165) is 19.0 Å². The molecule has 4 aliphatic rings. The fraction of sp³-hybridized carbons (Fsp3) is 1.00. The first-order chi connectivity index (χ1) is 9.31. The summed E-state index contributed by atoms with van der Waals surface area (Å²) in [5.41, 5.74) is 0.689. The topological polar surface area (TPSA) is 36.5 Å². The van der Waals surface area contributed by atoms with Crippen molar-refractivity contribution in [2.45, 2.75) is 37.9 Å². The number of rotatable bonds is 4. The third-order valence-corrected chi connectivity index (χ3v) is 5.50. The molecule has 2 N–H and O–H groups in total. The minimum Gasteiger partial charge on any atom is -0.375 e. The van der Waals surface area contributed by atoms with E-state index >= 15 is 0 Å². The van der Waals surface area contributed by atoms with Crippen molar-refractivity contribution in [2.24, 2.45) is 11.3 Å². The Hall–Kier alpha value is -0.160. The van der Waals surface area contributed by atoms with E-state index in [9.17, 15) is 0 Å². The maximum Gasteiger partial charge on any atom is 0.0603 e. The van der Waals surface area contributed by atoms with E-state index in [2.05, 4.69) is 15.5 Å². The van der Waals surface area contributed by atoms with E-state index in [1.54, 1.807) is 0 Å². The van der Waals surface area contributed by atoms with Crippen LogP contribution in [0.3, 0.4) is 0 Å². The molecule has 0 aromatic heterocycles. The minimum atomic E-state index is 0.542. The van der Waals surface area contributed by atoms with Gasteiger partial charge in [-0.2, -0.15) is 0 Å². The summed E-state index contributed by atoms with van der Waals surface area (Å²) in [6, 6.07) is 0. The van der Waals surface area contributed by atoms with Crippen LogP contribution in [-0.2, 0) is 4.74 Å². The second-order valence-electron chi connectivity index (χ2n) is 7.32. The van der Waals surface area contributed by atoms with Gasteiger partial charge in [0.05, 0.1) is 12.2 Å². The van der Waals surface area contributed by atoms with Crippen molar-refractivity contribution in [3.63, 3.8) is 0 Å². The molecule has 3 saturated heterocycles. The van der Waals surface area contributed by atoms with Crippen molar-refractivity contribution < 1.29 is 4.74 Å². The van der Waals surface area contributed by atoms with Gasteiger partial charge >= 0.3 is 0 Å². The number of hydrogen-bond donors (Lipinski definition) is 2. The highest BCUT2D eigenvalue weighted by molar-refractivity contribution is 5.04. The van der Waals surface area contributed by atoms with Crippen LogP contribution in [0.25, 0.3) is 0 Å². The molecule has 108 valence electrons. The van der Waals surface area contributed by atoms with Gasteiger partial charge in [0.1, 0.15) is 0 Å². The summed E-state index contributed by atoms with van der Waals surface area (Å²) >= 11 is 0. The predicted octanol–water partition coefficient (Wildman–Crippen LogP) is 0.439.